The monoisotopic (exact) mass is 273 g/mol. The number of rotatable bonds is 2. The average Bonchev–Trinajstić information content (AvgIpc) is 2.73. The lowest BCUT2D eigenvalue weighted by Crippen LogP contribution is -2.55. The predicted molar refractivity (Wildman–Crippen MR) is 76.2 cm³/mol. The van der Waals surface area contributed by atoms with E-state index < -0.39 is 0 Å². The van der Waals surface area contributed by atoms with Crippen LogP contribution in [0.4, 0.5) is 0 Å². The third-order valence-corrected chi connectivity index (χ3v) is 5.87. The zero-order valence-electron chi connectivity index (χ0n) is 12.3. The quantitative estimate of drug-likeness (QED) is 0.898. The summed E-state index contributed by atoms with van der Waals surface area (Å²) in [6.07, 6.45) is 6.78. The Hall–Kier alpha value is -1.32. The van der Waals surface area contributed by atoms with Crippen LogP contribution in [0.2, 0.25) is 0 Å². The van der Waals surface area contributed by atoms with Crippen LogP contribution in [0.5, 0.6) is 0 Å². The molecule has 0 aliphatic heterocycles. The Morgan fingerprint density at radius 3 is 2.30 bits per heavy atom. The van der Waals surface area contributed by atoms with Crippen LogP contribution in [0, 0.1) is 30.6 Å². The summed E-state index contributed by atoms with van der Waals surface area (Å²) in [5.41, 5.74) is 1.60. The predicted octanol–water partition coefficient (Wildman–Crippen LogP) is 2.28. The maximum atomic E-state index is 12.4. The smallest absolute Gasteiger partial charge is 0.272 e. The molecule has 4 fully saturated rings. The number of hydrogen-bond donors (Lipinski definition) is 1. The number of carbonyl (C=O) groups is 1. The molecule has 0 atom stereocenters. The van der Waals surface area contributed by atoms with Gasteiger partial charge in [-0.1, -0.05) is 0 Å². The molecule has 0 saturated heterocycles. The van der Waals surface area contributed by atoms with Crippen molar-refractivity contribution in [2.75, 3.05) is 0 Å². The lowest BCUT2D eigenvalue weighted by molar-refractivity contribution is -0.0120. The topological polar surface area (TPSA) is 46.9 Å². The van der Waals surface area contributed by atoms with E-state index in [1.165, 1.54) is 32.1 Å². The Morgan fingerprint density at radius 1 is 1.20 bits per heavy atom. The van der Waals surface area contributed by atoms with Crippen molar-refractivity contribution in [3.8, 4) is 0 Å². The average molecular weight is 273 g/mol. The molecule has 4 heteroatoms. The van der Waals surface area contributed by atoms with Crippen molar-refractivity contribution < 1.29 is 4.79 Å². The van der Waals surface area contributed by atoms with Crippen LogP contribution >= 0.6 is 0 Å². The zero-order chi connectivity index (χ0) is 13.9. The second kappa shape index (κ2) is 4.34. The number of nitrogens with zero attached hydrogens (tertiary/aromatic N) is 2. The van der Waals surface area contributed by atoms with Crippen LogP contribution in [0.25, 0.3) is 0 Å². The van der Waals surface area contributed by atoms with E-state index in [-0.39, 0.29) is 5.91 Å². The van der Waals surface area contributed by atoms with E-state index in [9.17, 15) is 4.79 Å². The molecular weight excluding hydrogens is 250 g/mol. The van der Waals surface area contributed by atoms with Crippen LogP contribution in [-0.4, -0.2) is 21.7 Å². The molecule has 1 amide bonds. The number of nitrogens with one attached hydrogen (secondary N) is 1. The minimum Gasteiger partial charge on any atom is -0.347 e. The number of aromatic nitrogens is 2. The Balaban J connectivity index is 1.50. The van der Waals surface area contributed by atoms with Gasteiger partial charge in [0.05, 0.1) is 0 Å². The minimum atomic E-state index is 0.0196. The number of amides is 1. The van der Waals surface area contributed by atoms with Crippen molar-refractivity contribution in [1.29, 1.82) is 0 Å². The van der Waals surface area contributed by atoms with Gasteiger partial charge in [0.2, 0.25) is 0 Å². The summed E-state index contributed by atoms with van der Waals surface area (Å²) in [4.78, 5) is 12.4. The summed E-state index contributed by atoms with van der Waals surface area (Å²) in [5.74, 6) is 3.36. The van der Waals surface area contributed by atoms with Gasteiger partial charge in [-0.25, -0.2) is 0 Å². The summed E-state index contributed by atoms with van der Waals surface area (Å²) < 4.78 is 1.77. The number of carbonyl (C=O) groups excluding carboxylic acids is 1. The van der Waals surface area contributed by atoms with Crippen LogP contribution in [0.1, 0.15) is 48.3 Å². The normalized spacial score (nSPS) is 38.2. The molecule has 0 spiro atoms. The zero-order valence-corrected chi connectivity index (χ0v) is 12.3. The van der Waals surface area contributed by atoms with Crippen molar-refractivity contribution in [2.45, 2.75) is 45.1 Å². The molecule has 1 aromatic rings. The van der Waals surface area contributed by atoms with Gasteiger partial charge in [0, 0.05) is 18.8 Å². The second-order valence-corrected chi connectivity index (χ2v) is 7.22. The Kier molecular flexibility index (Phi) is 2.69. The highest BCUT2D eigenvalue weighted by molar-refractivity contribution is 5.92. The molecule has 0 radical (unpaired) electrons. The van der Waals surface area contributed by atoms with E-state index >= 15 is 0 Å². The van der Waals surface area contributed by atoms with E-state index in [1.807, 2.05) is 20.0 Å². The molecule has 1 heterocycles. The molecule has 1 N–H and O–H groups in total. The highest BCUT2D eigenvalue weighted by atomic mass is 16.2. The molecule has 20 heavy (non-hydrogen) atoms. The summed E-state index contributed by atoms with van der Waals surface area (Å²) in [6, 6.07) is 2.28. The molecule has 4 aliphatic rings. The van der Waals surface area contributed by atoms with Crippen LogP contribution in [-0.2, 0) is 7.05 Å². The molecule has 1 aromatic heterocycles. The van der Waals surface area contributed by atoms with Crippen molar-refractivity contribution in [1.82, 2.24) is 15.1 Å². The first-order valence-electron chi connectivity index (χ1n) is 7.91. The summed E-state index contributed by atoms with van der Waals surface area (Å²) in [5, 5.41) is 7.60. The van der Waals surface area contributed by atoms with Gasteiger partial charge >= 0.3 is 0 Å². The van der Waals surface area contributed by atoms with Crippen LogP contribution in [0.15, 0.2) is 6.07 Å². The summed E-state index contributed by atoms with van der Waals surface area (Å²) >= 11 is 0. The fourth-order valence-electron chi connectivity index (χ4n) is 5.06. The van der Waals surface area contributed by atoms with E-state index in [1.54, 1.807) is 4.68 Å². The lowest BCUT2D eigenvalue weighted by Gasteiger charge is -2.54. The lowest BCUT2D eigenvalue weighted by atomic mass is 9.54. The number of hydrogen-bond acceptors (Lipinski definition) is 2. The first kappa shape index (κ1) is 12.4. The van der Waals surface area contributed by atoms with Crippen LogP contribution in [0.3, 0.4) is 0 Å². The molecule has 0 unspecified atom stereocenters. The van der Waals surface area contributed by atoms with Crippen molar-refractivity contribution in [3.05, 3.63) is 17.5 Å². The molecule has 5 rings (SSSR count). The Morgan fingerprint density at radius 2 is 1.80 bits per heavy atom. The highest BCUT2D eigenvalue weighted by Crippen LogP contribution is 2.53. The minimum absolute atomic E-state index is 0.0196. The Labute approximate surface area is 119 Å². The fourth-order valence-corrected chi connectivity index (χ4v) is 5.06. The third-order valence-electron chi connectivity index (χ3n) is 5.87. The van der Waals surface area contributed by atoms with Gasteiger partial charge in [-0.3, -0.25) is 9.48 Å². The van der Waals surface area contributed by atoms with Gasteiger partial charge in [-0.2, -0.15) is 5.10 Å². The fraction of sp³-hybridized carbons (Fsp3) is 0.750. The van der Waals surface area contributed by atoms with Crippen molar-refractivity contribution in [3.63, 3.8) is 0 Å². The largest absolute Gasteiger partial charge is 0.347 e. The van der Waals surface area contributed by atoms with Gasteiger partial charge in [-0.15, -0.1) is 0 Å². The third kappa shape index (κ3) is 1.88. The highest BCUT2D eigenvalue weighted by Gasteiger charge is 2.48. The maximum absolute atomic E-state index is 12.4. The number of aryl methyl sites for hydroxylation is 2. The molecule has 108 valence electrons. The van der Waals surface area contributed by atoms with Crippen molar-refractivity contribution in [2.24, 2.45) is 30.7 Å². The molecule has 4 saturated carbocycles. The standard InChI is InChI=1S/C16H23N3O/c1-9-3-14(18-19(9)2)16(20)17-15-12-5-10-4-11(7-12)8-13(15)6-10/h3,10-13,15H,4-8H2,1-2H3,(H,17,20). The van der Waals surface area contributed by atoms with E-state index in [0.29, 0.717) is 11.7 Å². The summed E-state index contributed by atoms with van der Waals surface area (Å²) in [7, 11) is 1.88. The van der Waals surface area contributed by atoms with Crippen molar-refractivity contribution >= 4 is 5.91 Å². The van der Waals surface area contributed by atoms with E-state index in [4.69, 9.17) is 0 Å². The second-order valence-electron chi connectivity index (χ2n) is 7.22. The van der Waals surface area contributed by atoms with Crippen LogP contribution < -0.4 is 5.32 Å². The van der Waals surface area contributed by atoms with Gasteiger partial charge in [0.1, 0.15) is 5.69 Å². The SMILES string of the molecule is Cc1cc(C(=O)NC2C3CC4CC(C3)CC2C4)nn1C. The molecular formula is C16H23N3O. The maximum Gasteiger partial charge on any atom is 0.272 e. The Bertz CT molecular complexity index is 500. The summed E-state index contributed by atoms with van der Waals surface area (Å²) in [6.45, 7) is 1.98. The van der Waals surface area contributed by atoms with Gasteiger partial charge in [0.15, 0.2) is 0 Å². The van der Waals surface area contributed by atoms with Gasteiger partial charge < -0.3 is 5.32 Å². The van der Waals surface area contributed by atoms with E-state index in [2.05, 4.69) is 10.4 Å². The molecule has 0 aromatic carbocycles. The first-order valence-corrected chi connectivity index (χ1v) is 7.91. The molecule has 4 nitrogen and oxygen atoms in total. The van der Waals surface area contributed by atoms with E-state index in [0.717, 1.165) is 29.4 Å². The van der Waals surface area contributed by atoms with Gasteiger partial charge in [0.25, 0.3) is 5.91 Å². The molecule has 4 bridgehead atoms. The molecule has 4 aliphatic carbocycles. The first-order chi connectivity index (χ1) is 9.60. The van der Waals surface area contributed by atoms with Gasteiger partial charge in [-0.05, 0) is 68.8 Å².